The van der Waals surface area contributed by atoms with Crippen LogP contribution in [-0.4, -0.2) is 21.4 Å². The Labute approximate surface area is 100 Å². The van der Waals surface area contributed by atoms with Gasteiger partial charge in [0.25, 0.3) is 0 Å². The second kappa shape index (κ2) is 4.35. The van der Waals surface area contributed by atoms with Crippen LogP contribution in [0.3, 0.4) is 0 Å². The molecule has 1 saturated carbocycles. The lowest BCUT2D eigenvalue weighted by atomic mass is 10.1. The minimum Gasteiger partial charge on any atom is -0.477 e. The molecule has 0 bridgehead atoms. The van der Waals surface area contributed by atoms with E-state index < -0.39 is 5.97 Å². The van der Waals surface area contributed by atoms with E-state index in [1.54, 1.807) is 10.8 Å². The summed E-state index contributed by atoms with van der Waals surface area (Å²) in [5, 5.41) is 9.10. The number of hydrogen-bond donors (Lipinski definition) is 1. The Kier molecular flexibility index (Phi) is 3.05. The Morgan fingerprint density at radius 2 is 2.18 bits per heavy atom. The van der Waals surface area contributed by atoms with Crippen molar-refractivity contribution in [3.8, 4) is 0 Å². The van der Waals surface area contributed by atoms with Crippen LogP contribution in [0, 0.1) is 11.8 Å². The Morgan fingerprint density at radius 3 is 2.65 bits per heavy atom. The third-order valence-electron chi connectivity index (χ3n) is 3.43. The fourth-order valence-electron chi connectivity index (χ4n) is 2.16. The number of rotatable bonds is 5. The smallest absolute Gasteiger partial charge is 0.352 e. The van der Waals surface area contributed by atoms with E-state index >= 15 is 0 Å². The molecule has 2 rings (SSSR count). The fraction of sp³-hybridized carbons (Fsp3) is 0.538. The van der Waals surface area contributed by atoms with Crippen LogP contribution in [0.5, 0.6) is 0 Å². The summed E-state index contributed by atoms with van der Waals surface area (Å²) >= 11 is 0. The zero-order valence-corrected chi connectivity index (χ0v) is 10.1. The molecule has 17 heavy (non-hydrogen) atoms. The lowest BCUT2D eigenvalue weighted by Crippen LogP contribution is -2.13. The van der Waals surface area contributed by atoms with Gasteiger partial charge in [-0.05, 0) is 37.7 Å². The minimum atomic E-state index is -0.972. The molecule has 1 heterocycles. The molecular weight excluding hydrogens is 218 g/mol. The van der Waals surface area contributed by atoms with Gasteiger partial charge in [-0.15, -0.1) is 0 Å². The van der Waals surface area contributed by atoms with Gasteiger partial charge in [0.1, 0.15) is 5.69 Å². The van der Waals surface area contributed by atoms with Gasteiger partial charge in [-0.2, -0.15) is 0 Å². The van der Waals surface area contributed by atoms with Crippen molar-refractivity contribution in [2.24, 2.45) is 11.8 Å². The molecule has 1 aliphatic rings. The molecule has 0 saturated heterocycles. The highest BCUT2D eigenvalue weighted by Crippen LogP contribution is 2.37. The molecule has 1 aromatic rings. The quantitative estimate of drug-likeness (QED) is 0.797. The first-order valence-corrected chi connectivity index (χ1v) is 5.93. The van der Waals surface area contributed by atoms with E-state index in [9.17, 15) is 9.59 Å². The monoisotopic (exact) mass is 235 g/mol. The molecule has 4 heteroatoms. The third-order valence-corrected chi connectivity index (χ3v) is 3.43. The number of carbonyl (C=O) groups excluding carboxylic acids is 1. The van der Waals surface area contributed by atoms with Gasteiger partial charge in [0.2, 0.25) is 0 Å². The van der Waals surface area contributed by atoms with Crippen molar-refractivity contribution < 1.29 is 14.7 Å². The Bertz CT molecular complexity index is 457. The molecule has 0 radical (unpaired) electrons. The molecule has 1 N–H and O–H groups in total. The molecule has 92 valence electrons. The van der Waals surface area contributed by atoms with Gasteiger partial charge in [-0.1, -0.05) is 6.92 Å². The molecule has 1 aromatic heterocycles. The lowest BCUT2D eigenvalue weighted by Gasteiger charge is -2.12. The van der Waals surface area contributed by atoms with Crippen molar-refractivity contribution in [1.29, 1.82) is 0 Å². The van der Waals surface area contributed by atoms with Crippen molar-refractivity contribution in [3.63, 3.8) is 0 Å². The number of Topliss-reactive ketones (excluding diaryl/α,β-unsaturated/α-hetero) is 1. The van der Waals surface area contributed by atoms with Crippen LogP contribution in [-0.2, 0) is 6.54 Å². The molecule has 0 aliphatic heterocycles. The average Bonchev–Trinajstić information content (AvgIpc) is 2.99. The summed E-state index contributed by atoms with van der Waals surface area (Å²) in [6.45, 7) is 4.27. The number of carboxylic acid groups (broad SMARTS) is 1. The molecule has 4 nitrogen and oxygen atoms in total. The maximum atomic E-state index is 11.3. The number of nitrogens with zero attached hydrogens (tertiary/aromatic N) is 1. The molecule has 1 fully saturated rings. The largest absolute Gasteiger partial charge is 0.477 e. The van der Waals surface area contributed by atoms with E-state index in [4.69, 9.17) is 5.11 Å². The first-order chi connectivity index (χ1) is 7.99. The van der Waals surface area contributed by atoms with E-state index in [0.29, 0.717) is 18.0 Å². The number of hydrogen-bond acceptors (Lipinski definition) is 2. The van der Waals surface area contributed by atoms with Crippen LogP contribution in [0.2, 0.25) is 0 Å². The number of carboxylic acids is 1. The van der Waals surface area contributed by atoms with Crippen LogP contribution in [0.1, 0.15) is 47.5 Å². The third kappa shape index (κ3) is 2.57. The maximum Gasteiger partial charge on any atom is 0.352 e. The SMILES string of the molecule is CC(=O)c1cc(C(=O)O)n(CC(C)C2CC2)c1. The van der Waals surface area contributed by atoms with Crippen molar-refractivity contribution in [3.05, 3.63) is 23.5 Å². The van der Waals surface area contributed by atoms with E-state index in [0.717, 1.165) is 5.92 Å². The van der Waals surface area contributed by atoms with Crippen LogP contribution in [0.25, 0.3) is 0 Å². The Morgan fingerprint density at radius 1 is 1.53 bits per heavy atom. The van der Waals surface area contributed by atoms with Crippen LogP contribution in [0.4, 0.5) is 0 Å². The molecule has 1 atom stereocenters. The van der Waals surface area contributed by atoms with Gasteiger partial charge in [-0.25, -0.2) is 4.79 Å². The Hall–Kier alpha value is -1.58. The summed E-state index contributed by atoms with van der Waals surface area (Å²) in [7, 11) is 0. The van der Waals surface area contributed by atoms with Gasteiger partial charge < -0.3 is 9.67 Å². The number of carbonyl (C=O) groups is 2. The van der Waals surface area contributed by atoms with Gasteiger partial charge in [0.05, 0.1) is 0 Å². The molecule has 1 unspecified atom stereocenters. The summed E-state index contributed by atoms with van der Waals surface area (Å²) in [5.74, 6) is 0.131. The molecule has 1 aliphatic carbocycles. The second-order valence-electron chi connectivity index (χ2n) is 4.94. The zero-order chi connectivity index (χ0) is 12.6. The van der Waals surface area contributed by atoms with E-state index in [1.165, 1.54) is 25.8 Å². The highest BCUT2D eigenvalue weighted by atomic mass is 16.4. The highest BCUT2D eigenvalue weighted by Gasteiger charge is 2.29. The first kappa shape index (κ1) is 11.9. The summed E-state index contributed by atoms with van der Waals surface area (Å²) in [6, 6.07) is 1.46. The number of aromatic nitrogens is 1. The summed E-state index contributed by atoms with van der Waals surface area (Å²) in [5.41, 5.74) is 0.688. The average molecular weight is 235 g/mol. The van der Waals surface area contributed by atoms with Crippen molar-refractivity contribution >= 4 is 11.8 Å². The summed E-state index contributed by atoms with van der Waals surface area (Å²) in [4.78, 5) is 22.4. The van der Waals surface area contributed by atoms with E-state index in [-0.39, 0.29) is 11.5 Å². The number of aromatic carboxylic acids is 1. The normalized spacial score (nSPS) is 16.8. The van der Waals surface area contributed by atoms with E-state index in [2.05, 4.69) is 6.92 Å². The predicted molar refractivity (Wildman–Crippen MR) is 63.3 cm³/mol. The Balaban J connectivity index is 2.23. The zero-order valence-electron chi connectivity index (χ0n) is 10.1. The van der Waals surface area contributed by atoms with Gasteiger partial charge in [-0.3, -0.25) is 4.79 Å². The summed E-state index contributed by atoms with van der Waals surface area (Å²) < 4.78 is 1.70. The highest BCUT2D eigenvalue weighted by molar-refractivity contribution is 5.97. The first-order valence-electron chi connectivity index (χ1n) is 5.93. The number of ketones is 1. The molecular formula is C13H17NO3. The van der Waals surface area contributed by atoms with Crippen LogP contribution < -0.4 is 0 Å². The second-order valence-corrected chi connectivity index (χ2v) is 4.94. The van der Waals surface area contributed by atoms with Crippen molar-refractivity contribution in [1.82, 2.24) is 4.57 Å². The molecule has 0 aromatic carbocycles. The summed E-state index contributed by atoms with van der Waals surface area (Å²) in [6.07, 6.45) is 4.14. The molecule has 0 amide bonds. The maximum absolute atomic E-state index is 11.3. The van der Waals surface area contributed by atoms with E-state index in [1.807, 2.05) is 0 Å². The van der Waals surface area contributed by atoms with Crippen LogP contribution in [0.15, 0.2) is 12.3 Å². The van der Waals surface area contributed by atoms with Gasteiger partial charge in [0, 0.05) is 18.3 Å². The topological polar surface area (TPSA) is 59.3 Å². The lowest BCUT2D eigenvalue weighted by molar-refractivity contribution is 0.0683. The fourth-order valence-corrected chi connectivity index (χ4v) is 2.16. The predicted octanol–water partition coefficient (Wildman–Crippen LogP) is 2.44. The molecule has 0 spiro atoms. The minimum absolute atomic E-state index is 0.0923. The van der Waals surface area contributed by atoms with Gasteiger partial charge >= 0.3 is 5.97 Å². The van der Waals surface area contributed by atoms with Crippen molar-refractivity contribution in [2.45, 2.75) is 33.2 Å². The van der Waals surface area contributed by atoms with Crippen molar-refractivity contribution in [2.75, 3.05) is 0 Å². The standard InChI is InChI=1S/C13H17NO3/c1-8(10-3-4-10)6-14-7-11(9(2)15)5-12(14)13(16)17/h5,7-8,10H,3-4,6H2,1-2H3,(H,16,17). The van der Waals surface area contributed by atoms with Gasteiger partial charge in [0.15, 0.2) is 5.78 Å². The van der Waals surface area contributed by atoms with Crippen LogP contribution >= 0.6 is 0 Å².